The Morgan fingerprint density at radius 3 is 2.52 bits per heavy atom. The van der Waals surface area contributed by atoms with Crippen molar-refractivity contribution in [2.75, 3.05) is 0 Å². The van der Waals surface area contributed by atoms with E-state index >= 15 is 0 Å². The molecule has 4 rings (SSSR count). The third-order valence-electron chi connectivity index (χ3n) is 4.16. The van der Waals surface area contributed by atoms with E-state index in [2.05, 4.69) is 11.2 Å². The van der Waals surface area contributed by atoms with E-state index in [0.29, 0.717) is 11.2 Å². The maximum atomic E-state index is 13.1. The predicted octanol–water partition coefficient (Wildman–Crippen LogP) is 3.32. The molecule has 0 radical (unpaired) electrons. The summed E-state index contributed by atoms with van der Waals surface area (Å²) in [6, 6.07) is 11.8. The van der Waals surface area contributed by atoms with E-state index in [1.807, 2.05) is 30.7 Å². The Morgan fingerprint density at radius 1 is 1.04 bits per heavy atom. The normalized spacial score (nSPS) is 11.4. The fraction of sp³-hybridized carbons (Fsp3) is 0.111. The fourth-order valence-electron chi connectivity index (χ4n) is 3.01. The average Bonchev–Trinajstić information content (AvgIpc) is 2.82. The zero-order valence-electron chi connectivity index (χ0n) is 12.7. The van der Waals surface area contributed by atoms with E-state index < -0.39 is 0 Å². The summed E-state index contributed by atoms with van der Waals surface area (Å²) < 4.78 is 16.3. The summed E-state index contributed by atoms with van der Waals surface area (Å²) in [6.45, 7) is 2.02. The van der Waals surface area contributed by atoms with Crippen molar-refractivity contribution >= 4 is 21.8 Å². The molecule has 0 saturated heterocycles. The van der Waals surface area contributed by atoms with Gasteiger partial charge in [0.25, 0.3) is 5.56 Å². The van der Waals surface area contributed by atoms with Crippen LogP contribution in [0.2, 0.25) is 0 Å². The van der Waals surface area contributed by atoms with Crippen LogP contribution in [0.5, 0.6) is 0 Å². The summed E-state index contributed by atoms with van der Waals surface area (Å²) in [7, 11) is 1.87. The first-order valence-corrected chi connectivity index (χ1v) is 7.29. The van der Waals surface area contributed by atoms with E-state index in [1.54, 1.807) is 18.3 Å². The van der Waals surface area contributed by atoms with Gasteiger partial charge in [-0.25, -0.2) is 4.39 Å². The molecular weight excluding hydrogens is 293 g/mol. The molecule has 0 fully saturated rings. The molecule has 23 heavy (non-hydrogen) atoms. The lowest BCUT2D eigenvalue weighted by atomic mass is 10.1. The summed E-state index contributed by atoms with van der Waals surface area (Å²) in [6.07, 6.45) is 1.70. The minimum Gasteiger partial charge on any atom is -0.339 e. The number of hydrogen-bond donors (Lipinski definition) is 0. The highest BCUT2D eigenvalue weighted by Crippen LogP contribution is 2.26. The van der Waals surface area contributed by atoms with Crippen LogP contribution in [0.25, 0.3) is 27.5 Å². The number of halogens is 1. The number of aromatic nitrogens is 3. The Bertz CT molecular complexity index is 1110. The monoisotopic (exact) mass is 307 g/mol. The standard InChI is InChI=1S/C18H14FN3O/c1-11-3-8-16-14(9-11)15-10-20-22(18(23)17(15)21(16)2)13-6-4-12(19)5-7-13/h3-10H,1-2H3. The molecule has 0 spiro atoms. The highest BCUT2D eigenvalue weighted by molar-refractivity contribution is 6.07. The molecule has 0 bridgehead atoms. The van der Waals surface area contributed by atoms with E-state index in [-0.39, 0.29) is 11.4 Å². The van der Waals surface area contributed by atoms with Crippen LogP contribution in [0.15, 0.2) is 53.5 Å². The molecule has 0 atom stereocenters. The second-order valence-corrected chi connectivity index (χ2v) is 5.68. The van der Waals surface area contributed by atoms with Gasteiger partial charge < -0.3 is 4.57 Å². The van der Waals surface area contributed by atoms with E-state index in [1.165, 1.54) is 16.8 Å². The summed E-state index contributed by atoms with van der Waals surface area (Å²) >= 11 is 0. The number of rotatable bonds is 1. The topological polar surface area (TPSA) is 39.8 Å². The van der Waals surface area contributed by atoms with Crippen LogP contribution in [0.1, 0.15) is 5.56 Å². The SMILES string of the molecule is Cc1ccc2c(c1)c1cnn(-c3ccc(F)cc3)c(=O)c1n2C. The molecule has 0 N–H and O–H groups in total. The quantitative estimate of drug-likeness (QED) is 0.541. The molecule has 2 aromatic heterocycles. The molecule has 0 aliphatic rings. The number of benzene rings is 2. The van der Waals surface area contributed by atoms with Crippen molar-refractivity contribution in [2.45, 2.75) is 6.92 Å². The van der Waals surface area contributed by atoms with Crippen molar-refractivity contribution in [3.05, 3.63) is 70.4 Å². The zero-order chi connectivity index (χ0) is 16.1. The first-order valence-electron chi connectivity index (χ1n) is 7.29. The van der Waals surface area contributed by atoms with Gasteiger partial charge >= 0.3 is 0 Å². The van der Waals surface area contributed by atoms with Crippen LogP contribution in [0.4, 0.5) is 4.39 Å². The lowest BCUT2D eigenvalue weighted by molar-refractivity contribution is 0.626. The van der Waals surface area contributed by atoms with Gasteiger partial charge in [-0.3, -0.25) is 4.79 Å². The van der Waals surface area contributed by atoms with Crippen molar-refractivity contribution < 1.29 is 4.39 Å². The number of nitrogens with zero attached hydrogens (tertiary/aromatic N) is 3. The van der Waals surface area contributed by atoms with Gasteiger partial charge in [-0.1, -0.05) is 11.6 Å². The third kappa shape index (κ3) is 1.97. The van der Waals surface area contributed by atoms with Crippen molar-refractivity contribution in [1.82, 2.24) is 14.3 Å². The number of aryl methyl sites for hydroxylation is 2. The van der Waals surface area contributed by atoms with E-state index in [0.717, 1.165) is 21.9 Å². The molecule has 5 heteroatoms. The second kappa shape index (κ2) is 4.78. The van der Waals surface area contributed by atoms with Crippen LogP contribution < -0.4 is 5.56 Å². The minimum absolute atomic E-state index is 0.217. The largest absolute Gasteiger partial charge is 0.339 e. The lowest BCUT2D eigenvalue weighted by Crippen LogP contribution is -2.22. The molecule has 0 unspecified atom stereocenters. The zero-order valence-corrected chi connectivity index (χ0v) is 12.7. The van der Waals surface area contributed by atoms with Crippen LogP contribution in [0, 0.1) is 12.7 Å². The summed E-state index contributed by atoms with van der Waals surface area (Å²) in [5.74, 6) is -0.344. The highest BCUT2D eigenvalue weighted by Gasteiger charge is 2.14. The number of fused-ring (bicyclic) bond motifs is 3. The van der Waals surface area contributed by atoms with Crippen LogP contribution in [-0.4, -0.2) is 14.3 Å². The molecule has 4 aromatic rings. The Balaban J connectivity index is 2.09. The molecule has 2 aromatic carbocycles. The van der Waals surface area contributed by atoms with Crippen LogP contribution in [-0.2, 0) is 7.05 Å². The molecule has 2 heterocycles. The maximum Gasteiger partial charge on any atom is 0.296 e. The van der Waals surface area contributed by atoms with Gasteiger partial charge in [0.15, 0.2) is 0 Å². The Kier molecular flexibility index (Phi) is 2.84. The smallest absolute Gasteiger partial charge is 0.296 e. The molecule has 0 saturated carbocycles. The van der Waals surface area contributed by atoms with Gasteiger partial charge in [0, 0.05) is 23.3 Å². The van der Waals surface area contributed by atoms with Gasteiger partial charge in [-0.15, -0.1) is 0 Å². The fourth-order valence-corrected chi connectivity index (χ4v) is 3.01. The van der Waals surface area contributed by atoms with Gasteiger partial charge in [-0.2, -0.15) is 9.78 Å². The van der Waals surface area contributed by atoms with Crippen LogP contribution in [0.3, 0.4) is 0 Å². The second-order valence-electron chi connectivity index (χ2n) is 5.68. The van der Waals surface area contributed by atoms with Gasteiger partial charge in [-0.05, 0) is 43.3 Å². The minimum atomic E-state index is -0.344. The molecule has 0 amide bonds. The summed E-state index contributed by atoms with van der Waals surface area (Å²) in [4.78, 5) is 12.9. The Hall–Kier alpha value is -2.95. The maximum absolute atomic E-state index is 13.1. The molecule has 4 nitrogen and oxygen atoms in total. The number of hydrogen-bond acceptors (Lipinski definition) is 2. The average molecular weight is 307 g/mol. The molecular formula is C18H14FN3O. The molecule has 114 valence electrons. The molecule has 0 aliphatic carbocycles. The van der Waals surface area contributed by atoms with Crippen molar-refractivity contribution in [3.8, 4) is 5.69 Å². The van der Waals surface area contributed by atoms with Gasteiger partial charge in [0.2, 0.25) is 0 Å². The van der Waals surface area contributed by atoms with Crippen molar-refractivity contribution in [1.29, 1.82) is 0 Å². The van der Waals surface area contributed by atoms with Gasteiger partial charge in [0.1, 0.15) is 11.3 Å². The van der Waals surface area contributed by atoms with E-state index in [9.17, 15) is 9.18 Å². The first kappa shape index (κ1) is 13.7. The van der Waals surface area contributed by atoms with E-state index in [4.69, 9.17) is 0 Å². The van der Waals surface area contributed by atoms with Crippen molar-refractivity contribution in [3.63, 3.8) is 0 Å². The highest BCUT2D eigenvalue weighted by atomic mass is 19.1. The predicted molar refractivity (Wildman–Crippen MR) is 88.5 cm³/mol. The van der Waals surface area contributed by atoms with Crippen LogP contribution >= 0.6 is 0 Å². The Labute approximate surface area is 131 Å². The lowest BCUT2D eigenvalue weighted by Gasteiger charge is -2.05. The summed E-state index contributed by atoms with van der Waals surface area (Å²) in [5, 5.41) is 6.11. The Morgan fingerprint density at radius 2 is 1.78 bits per heavy atom. The van der Waals surface area contributed by atoms with Gasteiger partial charge in [0.05, 0.1) is 11.9 Å². The molecule has 0 aliphatic heterocycles. The third-order valence-corrected chi connectivity index (χ3v) is 4.16. The van der Waals surface area contributed by atoms with Crippen molar-refractivity contribution in [2.24, 2.45) is 7.05 Å². The first-order chi connectivity index (χ1) is 11.1. The summed E-state index contributed by atoms with van der Waals surface area (Å²) in [5.41, 5.74) is 3.03.